The summed E-state index contributed by atoms with van der Waals surface area (Å²) >= 11 is 6.22. The average molecular weight is 465 g/mol. The summed E-state index contributed by atoms with van der Waals surface area (Å²) in [5.41, 5.74) is 1.79. The molecule has 2 aromatic rings. The number of aryl methyl sites for hydroxylation is 1. The van der Waals surface area contributed by atoms with Crippen LogP contribution in [0.5, 0.6) is 0 Å². The van der Waals surface area contributed by atoms with E-state index in [-0.39, 0.29) is 21.9 Å². The molecule has 2 aromatic carbocycles. The number of sulfonamides is 1. The van der Waals surface area contributed by atoms with Gasteiger partial charge >= 0.3 is 5.97 Å². The summed E-state index contributed by atoms with van der Waals surface area (Å²) in [5, 5.41) is 2.91. The molecule has 1 N–H and O–H groups in total. The number of ether oxygens (including phenoxy) is 1. The molecule has 7 nitrogen and oxygen atoms in total. The number of hydrogen-bond acceptors (Lipinski definition) is 5. The molecule has 0 aromatic heterocycles. The fraction of sp³-hybridized carbons (Fsp3) is 0.364. The maximum atomic E-state index is 13.0. The maximum absolute atomic E-state index is 13.0. The van der Waals surface area contributed by atoms with Crippen LogP contribution >= 0.6 is 11.6 Å². The van der Waals surface area contributed by atoms with Crippen molar-refractivity contribution in [1.82, 2.24) is 9.62 Å². The summed E-state index contributed by atoms with van der Waals surface area (Å²) in [7, 11) is -2.42. The Hall–Kier alpha value is -2.42. The molecular formula is C22H25ClN2O5S. The number of benzene rings is 2. The molecule has 0 radical (unpaired) electrons. The Morgan fingerprint density at radius 1 is 1.13 bits per heavy atom. The van der Waals surface area contributed by atoms with Gasteiger partial charge in [-0.1, -0.05) is 41.4 Å². The number of nitrogens with one attached hydrogen (secondary N) is 1. The van der Waals surface area contributed by atoms with E-state index in [4.69, 9.17) is 16.3 Å². The fourth-order valence-electron chi connectivity index (χ4n) is 3.45. The molecule has 0 aliphatic carbocycles. The van der Waals surface area contributed by atoms with Crippen molar-refractivity contribution in [1.29, 1.82) is 0 Å². The molecular weight excluding hydrogens is 440 g/mol. The highest BCUT2D eigenvalue weighted by atomic mass is 35.5. The molecule has 1 saturated heterocycles. The molecule has 9 heteroatoms. The number of carbonyl (C=O) groups excluding carboxylic acids is 2. The minimum Gasteiger partial charge on any atom is -0.469 e. The van der Waals surface area contributed by atoms with Crippen molar-refractivity contribution in [2.45, 2.75) is 37.1 Å². The predicted octanol–water partition coefficient (Wildman–Crippen LogP) is 3.47. The van der Waals surface area contributed by atoms with Crippen LogP contribution in [0.3, 0.4) is 0 Å². The minimum absolute atomic E-state index is 0.0174. The van der Waals surface area contributed by atoms with Crippen LogP contribution in [0.4, 0.5) is 0 Å². The quantitative estimate of drug-likeness (QED) is 0.633. The lowest BCUT2D eigenvalue weighted by atomic mass is 10.0. The van der Waals surface area contributed by atoms with Gasteiger partial charge in [0, 0.05) is 13.1 Å². The Bertz CT molecular complexity index is 1060. The van der Waals surface area contributed by atoms with E-state index in [0.29, 0.717) is 13.1 Å². The minimum atomic E-state index is -3.70. The van der Waals surface area contributed by atoms with Gasteiger partial charge in [0.05, 0.1) is 35.1 Å². The first-order chi connectivity index (χ1) is 14.7. The number of halogens is 1. The van der Waals surface area contributed by atoms with Crippen LogP contribution in [-0.4, -0.2) is 44.8 Å². The van der Waals surface area contributed by atoms with Crippen LogP contribution in [0.15, 0.2) is 47.4 Å². The van der Waals surface area contributed by atoms with Crippen molar-refractivity contribution in [2.24, 2.45) is 0 Å². The standard InChI is InChI=1S/C22H25ClN2O5S/c1-15-5-7-16(8-6-15)20(14-21(26)30-2)24-22(27)18-13-17(9-10-19(18)23)31(28,29)25-11-3-4-12-25/h5-10,13,20H,3-4,11-12,14H2,1-2H3,(H,24,27). The second-order valence-electron chi connectivity index (χ2n) is 7.47. The van der Waals surface area contributed by atoms with Crippen molar-refractivity contribution < 1.29 is 22.7 Å². The van der Waals surface area contributed by atoms with Crippen molar-refractivity contribution in [2.75, 3.05) is 20.2 Å². The van der Waals surface area contributed by atoms with Gasteiger partial charge < -0.3 is 10.1 Å². The van der Waals surface area contributed by atoms with E-state index in [1.807, 2.05) is 31.2 Å². The first-order valence-corrected chi connectivity index (χ1v) is 11.8. The van der Waals surface area contributed by atoms with Gasteiger partial charge in [0.25, 0.3) is 5.91 Å². The summed E-state index contributed by atoms with van der Waals surface area (Å²) in [6.07, 6.45) is 1.55. The summed E-state index contributed by atoms with van der Waals surface area (Å²) in [6, 6.07) is 10.8. The topological polar surface area (TPSA) is 92.8 Å². The van der Waals surface area contributed by atoms with Gasteiger partial charge in [0.15, 0.2) is 0 Å². The summed E-state index contributed by atoms with van der Waals surface area (Å²) < 4.78 is 31.9. The van der Waals surface area contributed by atoms with Crippen molar-refractivity contribution >= 4 is 33.5 Å². The molecule has 1 unspecified atom stereocenters. The average Bonchev–Trinajstić information content (AvgIpc) is 3.29. The molecule has 1 atom stereocenters. The highest BCUT2D eigenvalue weighted by Crippen LogP contribution is 2.26. The molecule has 1 amide bonds. The van der Waals surface area contributed by atoms with E-state index in [1.54, 1.807) is 0 Å². The lowest BCUT2D eigenvalue weighted by Crippen LogP contribution is -2.31. The Kier molecular flexibility index (Phi) is 7.35. The maximum Gasteiger partial charge on any atom is 0.307 e. The number of esters is 1. The SMILES string of the molecule is COC(=O)CC(NC(=O)c1cc(S(=O)(=O)N2CCCC2)ccc1Cl)c1ccc(C)cc1. The normalized spacial score (nSPS) is 15.5. The Labute approximate surface area is 187 Å². The lowest BCUT2D eigenvalue weighted by molar-refractivity contribution is -0.141. The molecule has 1 aliphatic rings. The zero-order chi connectivity index (χ0) is 22.6. The molecule has 0 spiro atoms. The summed E-state index contributed by atoms with van der Waals surface area (Å²) in [4.78, 5) is 24.9. The Morgan fingerprint density at radius 2 is 1.77 bits per heavy atom. The molecule has 3 rings (SSSR count). The van der Waals surface area contributed by atoms with Gasteiger partial charge in [0.1, 0.15) is 0 Å². The number of amides is 1. The zero-order valence-electron chi connectivity index (χ0n) is 17.4. The number of nitrogens with zero attached hydrogens (tertiary/aromatic N) is 1. The first-order valence-electron chi connectivity index (χ1n) is 9.96. The largest absolute Gasteiger partial charge is 0.469 e. The van der Waals surface area contributed by atoms with Crippen LogP contribution in [0.25, 0.3) is 0 Å². The van der Waals surface area contributed by atoms with Gasteiger partial charge in [0.2, 0.25) is 10.0 Å². The van der Waals surface area contributed by atoms with Gasteiger partial charge in [-0.25, -0.2) is 8.42 Å². The second kappa shape index (κ2) is 9.80. The molecule has 31 heavy (non-hydrogen) atoms. The van der Waals surface area contributed by atoms with Crippen LogP contribution in [0.1, 0.15) is 46.8 Å². The molecule has 1 heterocycles. The van der Waals surface area contributed by atoms with Gasteiger partial charge in [-0.05, 0) is 43.5 Å². The van der Waals surface area contributed by atoms with E-state index in [0.717, 1.165) is 24.0 Å². The van der Waals surface area contributed by atoms with Crippen LogP contribution < -0.4 is 5.32 Å². The molecule has 0 saturated carbocycles. The van der Waals surface area contributed by atoms with Gasteiger partial charge in [-0.3, -0.25) is 9.59 Å². The third kappa shape index (κ3) is 5.44. The van der Waals surface area contributed by atoms with E-state index < -0.39 is 27.9 Å². The molecule has 1 fully saturated rings. The van der Waals surface area contributed by atoms with Crippen LogP contribution in [-0.2, 0) is 19.6 Å². The van der Waals surface area contributed by atoms with Gasteiger partial charge in [-0.2, -0.15) is 4.31 Å². The zero-order valence-corrected chi connectivity index (χ0v) is 19.0. The molecule has 166 valence electrons. The third-order valence-corrected chi connectivity index (χ3v) is 7.49. The summed E-state index contributed by atoms with van der Waals surface area (Å²) in [6.45, 7) is 2.85. The smallest absolute Gasteiger partial charge is 0.307 e. The number of methoxy groups -OCH3 is 1. The van der Waals surface area contributed by atoms with Crippen LogP contribution in [0, 0.1) is 6.92 Å². The first kappa shape index (κ1) is 23.2. The molecule has 0 bridgehead atoms. The highest BCUT2D eigenvalue weighted by molar-refractivity contribution is 7.89. The number of carbonyl (C=O) groups is 2. The highest BCUT2D eigenvalue weighted by Gasteiger charge is 2.29. The number of hydrogen-bond donors (Lipinski definition) is 1. The lowest BCUT2D eigenvalue weighted by Gasteiger charge is -2.20. The Morgan fingerprint density at radius 3 is 2.39 bits per heavy atom. The van der Waals surface area contributed by atoms with Crippen molar-refractivity contribution in [3.63, 3.8) is 0 Å². The number of rotatable bonds is 7. The van der Waals surface area contributed by atoms with Crippen molar-refractivity contribution in [3.8, 4) is 0 Å². The van der Waals surface area contributed by atoms with E-state index in [2.05, 4.69) is 5.32 Å². The summed E-state index contributed by atoms with van der Waals surface area (Å²) in [5.74, 6) is -1.06. The Balaban J connectivity index is 1.89. The monoisotopic (exact) mass is 464 g/mol. The van der Waals surface area contributed by atoms with E-state index in [1.165, 1.54) is 29.6 Å². The fourth-order valence-corrected chi connectivity index (χ4v) is 5.20. The van der Waals surface area contributed by atoms with E-state index in [9.17, 15) is 18.0 Å². The molecule has 1 aliphatic heterocycles. The van der Waals surface area contributed by atoms with Crippen LogP contribution in [0.2, 0.25) is 5.02 Å². The predicted molar refractivity (Wildman–Crippen MR) is 117 cm³/mol. The van der Waals surface area contributed by atoms with Gasteiger partial charge in [-0.15, -0.1) is 0 Å². The third-order valence-electron chi connectivity index (χ3n) is 5.27. The second-order valence-corrected chi connectivity index (χ2v) is 9.81. The van der Waals surface area contributed by atoms with E-state index >= 15 is 0 Å². The van der Waals surface area contributed by atoms with Crippen molar-refractivity contribution in [3.05, 3.63) is 64.2 Å².